The molecule has 1 fully saturated rings. The van der Waals surface area contributed by atoms with Gasteiger partial charge < -0.3 is 0 Å². The van der Waals surface area contributed by atoms with Gasteiger partial charge in [-0.25, -0.2) is 0 Å². The van der Waals surface area contributed by atoms with Crippen LogP contribution in [0.2, 0.25) is 0 Å². The molecule has 0 radical (unpaired) electrons. The number of carbonyl (C=O) groups is 1. The molecule has 1 aliphatic rings. The lowest BCUT2D eigenvalue weighted by molar-refractivity contribution is -0.126. The van der Waals surface area contributed by atoms with Crippen molar-refractivity contribution in [3.63, 3.8) is 0 Å². The van der Waals surface area contributed by atoms with Crippen LogP contribution in [0, 0.1) is 11.8 Å². The second kappa shape index (κ2) is 6.88. The molecular formula is C18H26O. The standard InChI is InChI=1S/C18H26O/c1-3-14(2)17(15-10-6-4-7-11-15)18(19)16-12-8-5-9-13-16/h4,6-7,10-11,14,16-17H,3,5,8-9,12-13H2,1-2H3. The lowest BCUT2D eigenvalue weighted by Gasteiger charge is -2.29. The molecular weight excluding hydrogens is 232 g/mol. The Kier molecular flexibility index (Phi) is 5.18. The molecule has 0 aromatic heterocycles. The van der Waals surface area contributed by atoms with Gasteiger partial charge >= 0.3 is 0 Å². The first-order valence-electron chi connectivity index (χ1n) is 7.82. The lowest BCUT2D eigenvalue weighted by Crippen LogP contribution is -2.28. The minimum Gasteiger partial charge on any atom is -0.299 e. The van der Waals surface area contributed by atoms with Gasteiger partial charge in [0.25, 0.3) is 0 Å². The number of hydrogen-bond acceptors (Lipinski definition) is 1. The van der Waals surface area contributed by atoms with Gasteiger partial charge in [0.2, 0.25) is 0 Å². The van der Waals surface area contributed by atoms with Crippen LogP contribution in [0.5, 0.6) is 0 Å². The normalized spacial score (nSPS) is 19.9. The summed E-state index contributed by atoms with van der Waals surface area (Å²) in [5, 5.41) is 0. The first kappa shape index (κ1) is 14.3. The number of carbonyl (C=O) groups excluding carboxylic acids is 1. The van der Waals surface area contributed by atoms with Gasteiger partial charge in [-0.3, -0.25) is 4.79 Å². The predicted octanol–water partition coefficient (Wildman–Crippen LogP) is 4.97. The molecule has 19 heavy (non-hydrogen) atoms. The van der Waals surface area contributed by atoms with E-state index in [9.17, 15) is 4.79 Å². The van der Waals surface area contributed by atoms with Crippen molar-refractivity contribution in [1.82, 2.24) is 0 Å². The van der Waals surface area contributed by atoms with Crippen LogP contribution in [0.3, 0.4) is 0 Å². The van der Waals surface area contributed by atoms with Crippen molar-refractivity contribution in [1.29, 1.82) is 0 Å². The molecule has 1 nitrogen and oxygen atoms in total. The molecule has 0 aliphatic heterocycles. The molecule has 2 atom stereocenters. The maximum Gasteiger partial charge on any atom is 0.143 e. The molecule has 0 bridgehead atoms. The number of hydrogen-bond donors (Lipinski definition) is 0. The highest BCUT2D eigenvalue weighted by molar-refractivity contribution is 5.88. The Labute approximate surface area is 117 Å². The van der Waals surface area contributed by atoms with Crippen LogP contribution in [0.4, 0.5) is 0 Å². The van der Waals surface area contributed by atoms with E-state index >= 15 is 0 Å². The minimum atomic E-state index is 0.106. The van der Waals surface area contributed by atoms with Gasteiger partial charge in [-0.2, -0.15) is 0 Å². The van der Waals surface area contributed by atoms with Gasteiger partial charge in [-0.05, 0) is 24.3 Å². The summed E-state index contributed by atoms with van der Waals surface area (Å²) in [5.41, 5.74) is 1.22. The van der Waals surface area contributed by atoms with Gasteiger partial charge in [0.05, 0.1) is 0 Å². The molecule has 1 aliphatic carbocycles. The number of Topliss-reactive ketones (excluding diaryl/α,β-unsaturated/α-hetero) is 1. The van der Waals surface area contributed by atoms with E-state index in [1.165, 1.54) is 24.8 Å². The van der Waals surface area contributed by atoms with Crippen molar-refractivity contribution in [2.75, 3.05) is 0 Å². The van der Waals surface area contributed by atoms with E-state index in [0.29, 0.717) is 17.6 Å². The summed E-state index contributed by atoms with van der Waals surface area (Å²) < 4.78 is 0. The smallest absolute Gasteiger partial charge is 0.143 e. The molecule has 104 valence electrons. The van der Waals surface area contributed by atoms with Crippen LogP contribution < -0.4 is 0 Å². The molecule has 0 N–H and O–H groups in total. The van der Waals surface area contributed by atoms with Crippen molar-refractivity contribution < 1.29 is 4.79 Å². The average Bonchev–Trinajstić information content (AvgIpc) is 2.49. The second-order valence-electron chi connectivity index (χ2n) is 6.01. The second-order valence-corrected chi connectivity index (χ2v) is 6.01. The zero-order chi connectivity index (χ0) is 13.7. The Bertz CT molecular complexity index is 389. The molecule has 0 amide bonds. The predicted molar refractivity (Wildman–Crippen MR) is 80.2 cm³/mol. The molecule has 0 spiro atoms. The van der Waals surface area contributed by atoms with Crippen LogP contribution in [0.25, 0.3) is 0 Å². The van der Waals surface area contributed by atoms with Gasteiger partial charge in [-0.15, -0.1) is 0 Å². The Morgan fingerprint density at radius 1 is 1.16 bits per heavy atom. The van der Waals surface area contributed by atoms with Crippen molar-refractivity contribution in [2.45, 2.75) is 58.3 Å². The largest absolute Gasteiger partial charge is 0.299 e. The summed E-state index contributed by atoms with van der Waals surface area (Å²) in [6, 6.07) is 10.4. The van der Waals surface area contributed by atoms with Crippen molar-refractivity contribution in [3.05, 3.63) is 35.9 Å². The summed E-state index contributed by atoms with van der Waals surface area (Å²) in [5.74, 6) is 1.36. The van der Waals surface area contributed by atoms with Crippen molar-refractivity contribution in [2.24, 2.45) is 11.8 Å². The van der Waals surface area contributed by atoms with Gasteiger partial charge in [0.1, 0.15) is 5.78 Å². The van der Waals surface area contributed by atoms with Gasteiger partial charge in [0.15, 0.2) is 0 Å². The van der Waals surface area contributed by atoms with Gasteiger partial charge in [0, 0.05) is 11.8 Å². The van der Waals surface area contributed by atoms with Crippen LogP contribution in [-0.2, 0) is 4.79 Å². The van der Waals surface area contributed by atoms with E-state index in [1.54, 1.807) is 0 Å². The maximum atomic E-state index is 12.9. The van der Waals surface area contributed by atoms with E-state index in [0.717, 1.165) is 19.3 Å². The highest BCUT2D eigenvalue weighted by Crippen LogP contribution is 2.35. The lowest BCUT2D eigenvalue weighted by atomic mass is 9.74. The van der Waals surface area contributed by atoms with Crippen molar-refractivity contribution in [3.8, 4) is 0 Å². The number of benzene rings is 1. The third kappa shape index (κ3) is 3.46. The summed E-state index contributed by atoms with van der Waals surface area (Å²) in [7, 11) is 0. The summed E-state index contributed by atoms with van der Waals surface area (Å²) in [6.07, 6.45) is 7.06. The van der Waals surface area contributed by atoms with E-state index in [-0.39, 0.29) is 5.92 Å². The number of ketones is 1. The fraction of sp³-hybridized carbons (Fsp3) is 0.611. The van der Waals surface area contributed by atoms with Crippen LogP contribution in [0.15, 0.2) is 30.3 Å². The summed E-state index contributed by atoms with van der Waals surface area (Å²) >= 11 is 0. The highest BCUT2D eigenvalue weighted by atomic mass is 16.1. The molecule has 0 heterocycles. The molecule has 0 saturated heterocycles. The van der Waals surface area contributed by atoms with E-state index < -0.39 is 0 Å². The fourth-order valence-corrected chi connectivity index (χ4v) is 3.31. The Balaban J connectivity index is 2.20. The van der Waals surface area contributed by atoms with E-state index in [2.05, 4.69) is 38.1 Å². The Morgan fingerprint density at radius 2 is 1.79 bits per heavy atom. The fourth-order valence-electron chi connectivity index (χ4n) is 3.31. The quantitative estimate of drug-likeness (QED) is 0.729. The zero-order valence-corrected chi connectivity index (χ0v) is 12.3. The number of rotatable bonds is 5. The molecule has 2 unspecified atom stereocenters. The topological polar surface area (TPSA) is 17.1 Å². The Hall–Kier alpha value is -1.11. The first-order chi connectivity index (χ1) is 9.24. The Morgan fingerprint density at radius 3 is 2.37 bits per heavy atom. The first-order valence-corrected chi connectivity index (χ1v) is 7.82. The zero-order valence-electron chi connectivity index (χ0n) is 12.3. The van der Waals surface area contributed by atoms with Crippen LogP contribution >= 0.6 is 0 Å². The SMILES string of the molecule is CCC(C)C(C(=O)C1CCCCC1)c1ccccc1. The minimum absolute atomic E-state index is 0.106. The van der Waals surface area contributed by atoms with E-state index in [4.69, 9.17) is 0 Å². The molecule has 2 rings (SSSR count). The summed E-state index contributed by atoms with van der Waals surface area (Å²) in [6.45, 7) is 4.41. The van der Waals surface area contributed by atoms with Crippen molar-refractivity contribution >= 4 is 5.78 Å². The highest BCUT2D eigenvalue weighted by Gasteiger charge is 2.31. The van der Waals surface area contributed by atoms with Crippen LogP contribution in [0.1, 0.15) is 63.9 Å². The van der Waals surface area contributed by atoms with Gasteiger partial charge in [-0.1, -0.05) is 69.9 Å². The maximum absolute atomic E-state index is 12.9. The third-order valence-corrected chi connectivity index (χ3v) is 4.69. The third-order valence-electron chi connectivity index (χ3n) is 4.69. The molecule has 1 aromatic rings. The molecule has 1 aromatic carbocycles. The monoisotopic (exact) mass is 258 g/mol. The molecule has 1 heteroatoms. The molecule has 1 saturated carbocycles. The average molecular weight is 258 g/mol. The van der Waals surface area contributed by atoms with E-state index in [1.807, 2.05) is 6.07 Å². The summed E-state index contributed by atoms with van der Waals surface area (Å²) in [4.78, 5) is 12.9. The van der Waals surface area contributed by atoms with Crippen LogP contribution in [-0.4, -0.2) is 5.78 Å².